The summed E-state index contributed by atoms with van der Waals surface area (Å²) in [5.74, 6) is 0.435. The van der Waals surface area contributed by atoms with Crippen LogP contribution < -0.4 is 5.32 Å². The van der Waals surface area contributed by atoms with Crippen LogP contribution in [0.1, 0.15) is 31.0 Å². The van der Waals surface area contributed by atoms with Crippen LogP contribution in [0.4, 0.5) is 0 Å². The Hall–Kier alpha value is -1.43. The lowest BCUT2D eigenvalue weighted by Crippen LogP contribution is -2.28. The maximum Gasteiger partial charge on any atom is 0.306 e. The third kappa shape index (κ3) is 3.03. The van der Waals surface area contributed by atoms with Gasteiger partial charge in [-0.15, -0.1) is 10.2 Å². The summed E-state index contributed by atoms with van der Waals surface area (Å²) in [5, 5.41) is 19.8. The molecule has 2 rings (SSSR count). The van der Waals surface area contributed by atoms with Crippen LogP contribution in [-0.4, -0.2) is 27.8 Å². The van der Waals surface area contributed by atoms with Crippen molar-refractivity contribution in [3.8, 4) is 0 Å². The zero-order chi connectivity index (χ0) is 12.3. The summed E-state index contributed by atoms with van der Waals surface area (Å²) in [5.41, 5.74) is 0. The Morgan fingerprint density at radius 3 is 3.00 bits per heavy atom. The van der Waals surface area contributed by atoms with Gasteiger partial charge in [-0.2, -0.15) is 0 Å². The summed E-state index contributed by atoms with van der Waals surface area (Å²) in [7, 11) is 0. The summed E-state index contributed by atoms with van der Waals surface area (Å²) >= 11 is 0. The number of nitrogens with one attached hydrogen (secondary N) is 1. The minimum atomic E-state index is -0.678. The Labute approximate surface area is 99.4 Å². The highest BCUT2D eigenvalue weighted by Gasteiger charge is 2.32. The number of aromatic nitrogens is 2. The second-order valence-corrected chi connectivity index (χ2v) is 4.48. The van der Waals surface area contributed by atoms with Crippen LogP contribution in [0, 0.1) is 18.8 Å². The molecule has 0 amide bonds. The van der Waals surface area contributed by atoms with Gasteiger partial charge in [-0.1, -0.05) is 6.42 Å². The van der Waals surface area contributed by atoms with E-state index in [2.05, 4.69) is 15.5 Å². The van der Waals surface area contributed by atoms with E-state index >= 15 is 0 Å². The summed E-state index contributed by atoms with van der Waals surface area (Å²) < 4.78 is 5.22. The molecule has 2 unspecified atom stereocenters. The first-order valence-corrected chi connectivity index (χ1v) is 5.89. The molecule has 0 aliphatic heterocycles. The Morgan fingerprint density at radius 2 is 2.35 bits per heavy atom. The first kappa shape index (κ1) is 12.0. The van der Waals surface area contributed by atoms with Crippen LogP contribution in [0.2, 0.25) is 0 Å². The Morgan fingerprint density at radius 1 is 1.53 bits per heavy atom. The van der Waals surface area contributed by atoms with Crippen molar-refractivity contribution in [2.75, 3.05) is 6.54 Å². The number of carboxylic acid groups (broad SMARTS) is 1. The second-order valence-electron chi connectivity index (χ2n) is 4.48. The van der Waals surface area contributed by atoms with Crippen LogP contribution in [0.3, 0.4) is 0 Å². The van der Waals surface area contributed by atoms with E-state index in [1.165, 1.54) is 0 Å². The van der Waals surface area contributed by atoms with Crippen LogP contribution in [0.15, 0.2) is 4.42 Å². The summed E-state index contributed by atoms with van der Waals surface area (Å²) in [4.78, 5) is 11.0. The zero-order valence-electron chi connectivity index (χ0n) is 9.85. The number of nitrogens with zero attached hydrogens (tertiary/aromatic N) is 2. The van der Waals surface area contributed by atoms with Crippen molar-refractivity contribution in [3.63, 3.8) is 0 Å². The van der Waals surface area contributed by atoms with E-state index in [1.807, 2.05) is 0 Å². The minimum Gasteiger partial charge on any atom is -0.481 e. The molecule has 6 nitrogen and oxygen atoms in total. The molecule has 0 bridgehead atoms. The first-order chi connectivity index (χ1) is 8.16. The molecule has 1 aromatic heterocycles. The largest absolute Gasteiger partial charge is 0.481 e. The Kier molecular flexibility index (Phi) is 3.73. The van der Waals surface area contributed by atoms with Gasteiger partial charge in [0.1, 0.15) is 0 Å². The van der Waals surface area contributed by atoms with E-state index < -0.39 is 5.97 Å². The molecule has 0 aromatic carbocycles. The maximum atomic E-state index is 11.0. The van der Waals surface area contributed by atoms with Gasteiger partial charge in [0, 0.05) is 6.92 Å². The fourth-order valence-electron chi connectivity index (χ4n) is 2.38. The van der Waals surface area contributed by atoms with Crippen LogP contribution >= 0.6 is 0 Å². The van der Waals surface area contributed by atoms with Gasteiger partial charge in [0.15, 0.2) is 0 Å². The van der Waals surface area contributed by atoms with Crippen LogP contribution in [0.5, 0.6) is 0 Å². The van der Waals surface area contributed by atoms with Crippen molar-refractivity contribution in [3.05, 3.63) is 11.8 Å². The fourth-order valence-corrected chi connectivity index (χ4v) is 2.38. The van der Waals surface area contributed by atoms with Gasteiger partial charge in [0.05, 0.1) is 12.5 Å². The van der Waals surface area contributed by atoms with Crippen LogP contribution in [0.25, 0.3) is 0 Å². The average molecular weight is 239 g/mol. The van der Waals surface area contributed by atoms with E-state index in [-0.39, 0.29) is 11.8 Å². The van der Waals surface area contributed by atoms with Gasteiger partial charge in [0.25, 0.3) is 0 Å². The maximum absolute atomic E-state index is 11.0. The summed E-state index contributed by atoms with van der Waals surface area (Å²) in [6.07, 6.45) is 2.77. The van der Waals surface area contributed by atoms with Crippen LogP contribution in [-0.2, 0) is 11.3 Å². The SMILES string of the molecule is Cc1nnc(CNCC2CCCC2C(=O)O)o1. The molecule has 1 fully saturated rings. The molecule has 1 saturated carbocycles. The topological polar surface area (TPSA) is 88.2 Å². The van der Waals surface area contributed by atoms with Crippen molar-refractivity contribution in [2.45, 2.75) is 32.7 Å². The van der Waals surface area contributed by atoms with E-state index in [0.717, 1.165) is 19.3 Å². The molecule has 1 aliphatic rings. The molecule has 2 N–H and O–H groups in total. The molecule has 6 heteroatoms. The van der Waals surface area contributed by atoms with Gasteiger partial charge in [-0.3, -0.25) is 4.79 Å². The average Bonchev–Trinajstić information content (AvgIpc) is 2.87. The first-order valence-electron chi connectivity index (χ1n) is 5.89. The van der Waals surface area contributed by atoms with Gasteiger partial charge >= 0.3 is 5.97 Å². The summed E-state index contributed by atoms with van der Waals surface area (Å²) in [6, 6.07) is 0. The van der Waals surface area contributed by atoms with E-state index in [0.29, 0.717) is 24.9 Å². The monoisotopic (exact) mass is 239 g/mol. The van der Waals surface area contributed by atoms with Gasteiger partial charge in [-0.25, -0.2) is 0 Å². The zero-order valence-corrected chi connectivity index (χ0v) is 9.85. The van der Waals surface area contributed by atoms with Gasteiger partial charge in [0.2, 0.25) is 11.8 Å². The number of aliphatic carboxylic acids is 1. The van der Waals surface area contributed by atoms with E-state index in [9.17, 15) is 4.79 Å². The highest BCUT2D eigenvalue weighted by atomic mass is 16.4. The number of carboxylic acids is 1. The van der Waals surface area contributed by atoms with Crippen molar-refractivity contribution < 1.29 is 14.3 Å². The molecule has 1 heterocycles. The Balaban J connectivity index is 1.76. The van der Waals surface area contributed by atoms with Gasteiger partial charge in [-0.05, 0) is 25.3 Å². The molecule has 0 radical (unpaired) electrons. The second kappa shape index (κ2) is 5.27. The predicted octanol–water partition coefficient (Wildman–Crippen LogP) is 0.969. The Bertz CT molecular complexity index is 391. The number of hydrogen-bond donors (Lipinski definition) is 2. The van der Waals surface area contributed by atoms with Gasteiger partial charge < -0.3 is 14.8 Å². The lowest BCUT2D eigenvalue weighted by Gasteiger charge is -2.15. The lowest BCUT2D eigenvalue weighted by molar-refractivity contribution is -0.142. The molecular weight excluding hydrogens is 222 g/mol. The molecule has 94 valence electrons. The highest BCUT2D eigenvalue weighted by molar-refractivity contribution is 5.70. The van der Waals surface area contributed by atoms with E-state index in [4.69, 9.17) is 9.52 Å². The third-order valence-electron chi connectivity index (χ3n) is 3.23. The standard InChI is InChI=1S/C11H17N3O3/c1-7-13-14-10(17-7)6-12-5-8-3-2-4-9(8)11(15)16/h8-9,12H,2-6H2,1H3,(H,15,16). The number of aryl methyl sites for hydroxylation is 1. The minimum absolute atomic E-state index is 0.202. The number of carbonyl (C=O) groups is 1. The highest BCUT2D eigenvalue weighted by Crippen LogP contribution is 2.31. The molecule has 0 spiro atoms. The fraction of sp³-hybridized carbons (Fsp3) is 0.727. The molecular formula is C11H17N3O3. The number of rotatable bonds is 5. The van der Waals surface area contributed by atoms with E-state index in [1.54, 1.807) is 6.92 Å². The van der Waals surface area contributed by atoms with Crippen molar-refractivity contribution >= 4 is 5.97 Å². The molecule has 2 atom stereocenters. The molecule has 0 saturated heterocycles. The van der Waals surface area contributed by atoms with Crippen molar-refractivity contribution in [1.29, 1.82) is 0 Å². The van der Waals surface area contributed by atoms with Crippen molar-refractivity contribution in [2.24, 2.45) is 11.8 Å². The predicted molar refractivity (Wildman–Crippen MR) is 59.2 cm³/mol. The molecule has 1 aromatic rings. The molecule has 17 heavy (non-hydrogen) atoms. The third-order valence-corrected chi connectivity index (χ3v) is 3.23. The normalized spacial score (nSPS) is 24.1. The summed E-state index contributed by atoms with van der Waals surface area (Å²) in [6.45, 7) is 2.94. The smallest absolute Gasteiger partial charge is 0.306 e. The number of hydrogen-bond acceptors (Lipinski definition) is 5. The molecule has 1 aliphatic carbocycles. The lowest BCUT2D eigenvalue weighted by atomic mass is 9.96. The quantitative estimate of drug-likeness (QED) is 0.796. The van der Waals surface area contributed by atoms with Crippen molar-refractivity contribution in [1.82, 2.24) is 15.5 Å².